The third-order valence-electron chi connectivity index (χ3n) is 4.68. The lowest BCUT2D eigenvalue weighted by atomic mass is 10.0. The Balaban J connectivity index is 2.17. The van der Waals surface area contributed by atoms with Gasteiger partial charge in [0.2, 0.25) is 11.8 Å². The zero-order valence-corrected chi connectivity index (χ0v) is 15.5. The van der Waals surface area contributed by atoms with Crippen LogP contribution in [-0.4, -0.2) is 40.2 Å². The number of carbonyl (C=O) groups excluding carboxylic acids is 2. The average Bonchev–Trinajstić information content (AvgIpc) is 2.99. The molecule has 0 spiro atoms. The van der Waals surface area contributed by atoms with Gasteiger partial charge in [-0.25, -0.2) is 4.79 Å². The van der Waals surface area contributed by atoms with Crippen LogP contribution in [0.2, 0.25) is 0 Å². The highest BCUT2D eigenvalue weighted by Gasteiger charge is 2.40. The summed E-state index contributed by atoms with van der Waals surface area (Å²) in [6, 6.07) is 5.33. The number of nitrogens with one attached hydrogen (secondary N) is 1. The second-order valence-corrected chi connectivity index (χ2v) is 7.01. The number of aliphatic carboxylic acids is 1. The molecular weight excluding hydrogens is 340 g/mol. The first-order valence-electron chi connectivity index (χ1n) is 8.40. The van der Waals surface area contributed by atoms with Gasteiger partial charge < -0.3 is 10.4 Å². The van der Waals surface area contributed by atoms with Crippen LogP contribution in [0.3, 0.4) is 0 Å². The molecule has 1 heterocycles. The summed E-state index contributed by atoms with van der Waals surface area (Å²) < 4.78 is 0. The molecule has 1 aliphatic rings. The summed E-state index contributed by atoms with van der Waals surface area (Å²) in [5.41, 5.74) is 1.40. The second-order valence-electron chi connectivity index (χ2n) is 6.46. The van der Waals surface area contributed by atoms with Crippen molar-refractivity contribution in [3.05, 3.63) is 29.8 Å². The number of amides is 2. The number of anilines is 1. The molecule has 25 heavy (non-hydrogen) atoms. The molecule has 136 valence electrons. The van der Waals surface area contributed by atoms with Gasteiger partial charge in [-0.1, -0.05) is 38.5 Å². The van der Waals surface area contributed by atoms with Crippen LogP contribution >= 0.6 is 12.6 Å². The van der Waals surface area contributed by atoms with Crippen molar-refractivity contribution < 1.29 is 19.5 Å². The van der Waals surface area contributed by atoms with E-state index < -0.39 is 29.2 Å². The van der Waals surface area contributed by atoms with Crippen molar-refractivity contribution in [3.63, 3.8) is 0 Å². The zero-order chi connectivity index (χ0) is 18.7. The lowest BCUT2D eigenvalue weighted by molar-refractivity contribution is -0.140. The number of hydrogen-bond donors (Lipinski definition) is 3. The Morgan fingerprint density at radius 1 is 1.32 bits per heavy atom. The third-order valence-corrected chi connectivity index (χ3v) is 5.42. The van der Waals surface area contributed by atoms with Gasteiger partial charge >= 0.3 is 5.97 Å². The van der Waals surface area contributed by atoms with Crippen LogP contribution in [0.25, 0.3) is 0 Å². The van der Waals surface area contributed by atoms with Crippen molar-refractivity contribution in [1.82, 2.24) is 5.32 Å². The van der Waals surface area contributed by atoms with Crippen molar-refractivity contribution in [1.29, 1.82) is 0 Å². The Morgan fingerprint density at radius 3 is 2.56 bits per heavy atom. The lowest BCUT2D eigenvalue weighted by Crippen LogP contribution is -2.53. The normalized spacial score (nSPS) is 19.7. The SMILES string of the molecule is CC[C@H](C)[C@H](S)C(=O)N[C@@H](C)C(=O)N1c2ccccc2CC1C(=O)O. The number of hydrogen-bond acceptors (Lipinski definition) is 4. The molecule has 0 bridgehead atoms. The lowest BCUT2D eigenvalue weighted by Gasteiger charge is -2.27. The largest absolute Gasteiger partial charge is 0.480 e. The van der Waals surface area contributed by atoms with E-state index in [1.54, 1.807) is 19.1 Å². The van der Waals surface area contributed by atoms with Crippen LogP contribution in [0.15, 0.2) is 24.3 Å². The van der Waals surface area contributed by atoms with Gasteiger partial charge in [-0.2, -0.15) is 12.6 Å². The van der Waals surface area contributed by atoms with Gasteiger partial charge in [0.15, 0.2) is 0 Å². The molecule has 0 aliphatic carbocycles. The fraction of sp³-hybridized carbons (Fsp3) is 0.500. The van der Waals surface area contributed by atoms with E-state index in [0.29, 0.717) is 5.69 Å². The summed E-state index contributed by atoms with van der Waals surface area (Å²) in [7, 11) is 0. The number of fused-ring (bicyclic) bond motifs is 1. The van der Waals surface area contributed by atoms with Crippen LogP contribution < -0.4 is 10.2 Å². The van der Waals surface area contributed by atoms with E-state index >= 15 is 0 Å². The first-order valence-corrected chi connectivity index (χ1v) is 8.91. The van der Waals surface area contributed by atoms with Gasteiger partial charge in [0.25, 0.3) is 0 Å². The smallest absolute Gasteiger partial charge is 0.327 e. The average molecular weight is 364 g/mol. The molecule has 2 N–H and O–H groups in total. The zero-order valence-electron chi connectivity index (χ0n) is 14.6. The van der Waals surface area contributed by atoms with Gasteiger partial charge in [0, 0.05) is 12.1 Å². The Labute approximate surface area is 153 Å². The van der Waals surface area contributed by atoms with E-state index in [4.69, 9.17) is 0 Å². The Morgan fingerprint density at radius 2 is 1.96 bits per heavy atom. The van der Waals surface area contributed by atoms with E-state index in [2.05, 4.69) is 17.9 Å². The maximum atomic E-state index is 12.8. The molecule has 2 amide bonds. The Bertz CT molecular complexity index is 679. The molecule has 0 saturated heterocycles. The number of carbonyl (C=O) groups is 3. The van der Waals surface area contributed by atoms with Crippen LogP contribution in [-0.2, 0) is 20.8 Å². The van der Waals surface area contributed by atoms with Gasteiger partial charge in [-0.05, 0) is 24.5 Å². The van der Waals surface area contributed by atoms with E-state index in [0.717, 1.165) is 12.0 Å². The predicted molar refractivity (Wildman–Crippen MR) is 98.9 cm³/mol. The minimum Gasteiger partial charge on any atom is -0.480 e. The van der Waals surface area contributed by atoms with Gasteiger partial charge in [0.05, 0.1) is 5.25 Å². The van der Waals surface area contributed by atoms with E-state index in [1.807, 2.05) is 26.0 Å². The highest BCUT2D eigenvalue weighted by atomic mass is 32.1. The number of carboxylic acid groups (broad SMARTS) is 1. The molecule has 7 heteroatoms. The van der Waals surface area contributed by atoms with Crippen LogP contribution in [0.5, 0.6) is 0 Å². The minimum absolute atomic E-state index is 0.0740. The van der Waals surface area contributed by atoms with Crippen molar-refractivity contribution in [2.75, 3.05) is 4.90 Å². The first-order chi connectivity index (χ1) is 11.8. The van der Waals surface area contributed by atoms with Crippen LogP contribution in [0.1, 0.15) is 32.8 Å². The second kappa shape index (κ2) is 7.91. The number of carboxylic acids is 1. The summed E-state index contributed by atoms with van der Waals surface area (Å²) in [4.78, 5) is 38.0. The van der Waals surface area contributed by atoms with Crippen molar-refractivity contribution in [3.8, 4) is 0 Å². The molecule has 6 nitrogen and oxygen atoms in total. The van der Waals surface area contributed by atoms with E-state index in [1.165, 1.54) is 4.90 Å². The van der Waals surface area contributed by atoms with Crippen molar-refractivity contribution in [2.45, 2.75) is 50.9 Å². The Hall–Kier alpha value is -2.02. The van der Waals surface area contributed by atoms with Crippen LogP contribution in [0, 0.1) is 5.92 Å². The highest BCUT2D eigenvalue weighted by molar-refractivity contribution is 7.81. The summed E-state index contributed by atoms with van der Waals surface area (Å²) >= 11 is 4.32. The number of nitrogens with zero attached hydrogens (tertiary/aromatic N) is 1. The Kier molecular flexibility index (Phi) is 6.11. The quantitative estimate of drug-likeness (QED) is 0.673. The highest BCUT2D eigenvalue weighted by Crippen LogP contribution is 2.32. The number of para-hydroxylation sites is 1. The minimum atomic E-state index is -1.06. The standard InChI is InChI=1S/C18H24N2O4S/c1-4-10(2)15(25)16(21)19-11(3)17(22)20-13-8-6-5-7-12(13)9-14(20)18(23)24/h5-8,10-11,14-15,25H,4,9H2,1-3H3,(H,19,21)(H,23,24)/t10-,11-,14?,15-/m0/s1. The molecule has 1 aliphatic heterocycles. The summed E-state index contributed by atoms with van der Waals surface area (Å²) in [5, 5.41) is 11.6. The molecule has 0 radical (unpaired) electrons. The van der Waals surface area contributed by atoms with Gasteiger partial charge in [0.1, 0.15) is 12.1 Å². The van der Waals surface area contributed by atoms with Crippen molar-refractivity contribution >= 4 is 36.1 Å². The number of thiol groups is 1. The molecular formula is C18H24N2O4S. The fourth-order valence-corrected chi connectivity index (χ4v) is 3.19. The number of benzene rings is 1. The monoisotopic (exact) mass is 364 g/mol. The molecule has 2 rings (SSSR count). The van der Waals surface area contributed by atoms with E-state index in [-0.39, 0.29) is 18.2 Å². The fourth-order valence-electron chi connectivity index (χ4n) is 2.91. The molecule has 0 fully saturated rings. The van der Waals surface area contributed by atoms with Crippen molar-refractivity contribution in [2.24, 2.45) is 5.92 Å². The molecule has 0 aromatic heterocycles. The van der Waals surface area contributed by atoms with Crippen LogP contribution in [0.4, 0.5) is 5.69 Å². The molecule has 1 aromatic rings. The summed E-state index contributed by atoms with van der Waals surface area (Å²) in [6.45, 7) is 5.45. The maximum Gasteiger partial charge on any atom is 0.327 e. The predicted octanol–water partition coefficient (Wildman–Crippen LogP) is 1.88. The molecule has 1 unspecified atom stereocenters. The van der Waals surface area contributed by atoms with Gasteiger partial charge in [-0.15, -0.1) is 0 Å². The first kappa shape index (κ1) is 19.3. The van der Waals surface area contributed by atoms with Gasteiger partial charge in [-0.3, -0.25) is 14.5 Å². The third kappa shape index (κ3) is 3.98. The number of rotatable bonds is 6. The molecule has 4 atom stereocenters. The topological polar surface area (TPSA) is 86.7 Å². The molecule has 0 saturated carbocycles. The summed E-state index contributed by atoms with van der Waals surface area (Å²) in [6.07, 6.45) is 1.06. The van der Waals surface area contributed by atoms with E-state index in [9.17, 15) is 19.5 Å². The maximum absolute atomic E-state index is 12.8. The molecule has 1 aromatic carbocycles. The summed E-state index contributed by atoms with van der Waals surface area (Å²) in [5.74, 6) is -1.74.